The lowest BCUT2D eigenvalue weighted by molar-refractivity contribution is -0.784. The van der Waals surface area contributed by atoms with Gasteiger partial charge in [0.2, 0.25) is 10.0 Å². The third kappa shape index (κ3) is 5.57. The summed E-state index contributed by atoms with van der Waals surface area (Å²) in [6.07, 6.45) is 2.82. The summed E-state index contributed by atoms with van der Waals surface area (Å²) in [4.78, 5) is 28.9. The van der Waals surface area contributed by atoms with Crippen LogP contribution in [0.1, 0.15) is 52.0 Å². The minimum absolute atomic E-state index is 0.00164. The molecule has 0 aliphatic carbocycles. The lowest BCUT2D eigenvalue weighted by atomic mass is 9.95. The van der Waals surface area contributed by atoms with Crippen molar-refractivity contribution in [1.29, 1.82) is 5.41 Å². The van der Waals surface area contributed by atoms with Crippen LogP contribution in [0.15, 0.2) is 30.3 Å². The Morgan fingerprint density at radius 2 is 1.75 bits per heavy atom. The van der Waals surface area contributed by atoms with Gasteiger partial charge < -0.3 is 16.4 Å². The van der Waals surface area contributed by atoms with Crippen LogP contribution in [0.25, 0.3) is 0 Å². The zero-order valence-corrected chi connectivity index (χ0v) is 22.4. The zero-order chi connectivity index (χ0) is 26.7. The number of hydrogen-bond acceptors (Lipinski definition) is 5. The second-order valence-corrected chi connectivity index (χ2v) is 12.9. The van der Waals surface area contributed by atoms with Crippen molar-refractivity contribution in [2.24, 2.45) is 17.4 Å². The predicted molar refractivity (Wildman–Crippen MR) is 139 cm³/mol. The first-order valence-electron chi connectivity index (χ1n) is 12.8. The molecule has 3 rings (SSSR count). The van der Waals surface area contributed by atoms with E-state index in [-0.39, 0.29) is 37.4 Å². The molecule has 5 N–H and O–H groups in total. The monoisotopic (exact) mass is 521 g/mol. The molecule has 0 saturated carbocycles. The van der Waals surface area contributed by atoms with Crippen molar-refractivity contribution < 1.29 is 22.5 Å². The molecule has 2 fully saturated rings. The van der Waals surface area contributed by atoms with E-state index in [2.05, 4.69) is 0 Å². The third-order valence-corrected chi connectivity index (χ3v) is 10.1. The maximum absolute atomic E-state index is 14.3. The van der Waals surface area contributed by atoms with Crippen molar-refractivity contribution in [2.75, 3.05) is 26.2 Å². The van der Waals surface area contributed by atoms with Crippen LogP contribution in [0.3, 0.4) is 0 Å². The number of imide groups is 1. The highest BCUT2D eigenvalue weighted by Crippen LogP contribution is 2.32. The first-order chi connectivity index (χ1) is 16.9. The number of piperidine rings is 1. The van der Waals surface area contributed by atoms with Gasteiger partial charge in [-0.05, 0) is 45.1 Å². The highest BCUT2D eigenvalue weighted by atomic mass is 32.2. The number of amides is 3. The predicted octanol–water partition coefficient (Wildman–Crippen LogP) is 1.85. The van der Waals surface area contributed by atoms with Gasteiger partial charge in [-0.15, -0.1) is 0 Å². The molecule has 1 unspecified atom stereocenters. The molecule has 0 radical (unpaired) electrons. The summed E-state index contributed by atoms with van der Waals surface area (Å²) >= 11 is 0. The number of benzene rings is 1. The molecule has 0 aromatic heterocycles. The molecule has 1 aromatic rings. The van der Waals surface area contributed by atoms with E-state index < -0.39 is 37.7 Å². The van der Waals surface area contributed by atoms with Crippen molar-refractivity contribution in [1.82, 2.24) is 9.21 Å². The Kier molecular flexibility index (Phi) is 8.79. The fourth-order valence-corrected chi connectivity index (χ4v) is 7.03. The molecule has 2 aliphatic rings. The number of guanidine groups is 1. The maximum atomic E-state index is 14.3. The summed E-state index contributed by atoms with van der Waals surface area (Å²) < 4.78 is 28.4. The number of sulfonamides is 1. The van der Waals surface area contributed by atoms with Crippen molar-refractivity contribution in [3.63, 3.8) is 0 Å². The second kappa shape index (κ2) is 11.3. The lowest BCUT2D eigenvalue weighted by Crippen LogP contribution is -2.67. The minimum atomic E-state index is -3.86. The summed E-state index contributed by atoms with van der Waals surface area (Å²) in [5.41, 5.74) is 12.3. The van der Waals surface area contributed by atoms with Crippen LogP contribution in [0.2, 0.25) is 0 Å². The Bertz CT molecular complexity index is 1060. The van der Waals surface area contributed by atoms with E-state index >= 15 is 0 Å². The molecule has 3 amide bonds. The van der Waals surface area contributed by atoms with E-state index in [1.165, 1.54) is 4.31 Å². The third-order valence-electron chi connectivity index (χ3n) is 7.89. The molecule has 200 valence electrons. The van der Waals surface area contributed by atoms with Gasteiger partial charge in [0.05, 0.1) is 11.8 Å². The number of hydrogen-bond donors (Lipinski definition) is 3. The van der Waals surface area contributed by atoms with Crippen molar-refractivity contribution in [3.8, 4) is 0 Å². The standard InChI is InChI=1S/C25H40N6O4S/c1-18(2)36(34,35)30(17-21-11-13-29(14-12-21)24(26)27)22(16-20-9-5-4-6-10-20)23(32)31(25(28)33)15-7-8-19(31)3/h4-6,9-10,18-19,21-22H,7-8,11-17H2,1-3H3,(H4-,26,27,28,33)/p+1/t19-,22-,31?/m1/s1. The fourth-order valence-electron chi connectivity index (χ4n) is 5.55. The summed E-state index contributed by atoms with van der Waals surface area (Å²) in [5, 5.41) is 6.95. The molecule has 10 nitrogen and oxygen atoms in total. The number of rotatable bonds is 8. The van der Waals surface area contributed by atoms with Gasteiger partial charge in [-0.2, -0.15) is 8.79 Å². The number of carbonyl (C=O) groups is 2. The van der Waals surface area contributed by atoms with Crippen LogP contribution >= 0.6 is 0 Å². The highest BCUT2D eigenvalue weighted by Gasteiger charge is 2.56. The molecule has 3 atom stereocenters. The molecule has 0 spiro atoms. The van der Waals surface area contributed by atoms with E-state index in [1.54, 1.807) is 18.7 Å². The van der Waals surface area contributed by atoms with Crippen molar-refractivity contribution in [2.45, 2.75) is 70.2 Å². The summed E-state index contributed by atoms with van der Waals surface area (Å²) in [5.74, 6) is -0.437. The van der Waals surface area contributed by atoms with Crippen LogP contribution in [0.4, 0.5) is 4.79 Å². The molecule has 0 bridgehead atoms. The largest absolute Gasteiger partial charge is 0.421 e. The summed E-state index contributed by atoms with van der Waals surface area (Å²) in [7, 11) is -3.86. The molecule has 11 heteroatoms. The molecular weight excluding hydrogens is 480 g/mol. The minimum Gasteiger partial charge on any atom is -0.370 e. The average Bonchev–Trinajstić information content (AvgIpc) is 3.24. The number of likely N-dealkylation sites (tertiary alicyclic amines) is 2. The number of quaternary nitrogens is 1. The summed E-state index contributed by atoms with van der Waals surface area (Å²) in [6.45, 7) is 6.64. The van der Waals surface area contributed by atoms with Crippen molar-refractivity contribution >= 4 is 27.9 Å². The Hall–Kier alpha value is -2.50. The van der Waals surface area contributed by atoms with Gasteiger partial charge in [0, 0.05) is 38.9 Å². The first-order valence-corrected chi connectivity index (χ1v) is 14.3. The van der Waals surface area contributed by atoms with E-state index in [9.17, 15) is 18.0 Å². The first kappa shape index (κ1) is 28.1. The topological polar surface area (TPSA) is 151 Å². The molecule has 36 heavy (non-hydrogen) atoms. The van der Waals surface area contributed by atoms with Crippen LogP contribution < -0.4 is 11.5 Å². The quantitative estimate of drug-likeness (QED) is 0.270. The fraction of sp³-hybridized carbons (Fsp3) is 0.640. The van der Waals surface area contributed by atoms with Gasteiger partial charge in [0.15, 0.2) is 5.96 Å². The van der Waals surface area contributed by atoms with Crippen LogP contribution in [0.5, 0.6) is 0 Å². The molecule has 2 aliphatic heterocycles. The van der Waals surface area contributed by atoms with Gasteiger partial charge in [-0.1, -0.05) is 30.3 Å². The Balaban J connectivity index is 2.04. The summed E-state index contributed by atoms with van der Waals surface area (Å²) in [6, 6.07) is 7.22. The molecule has 2 heterocycles. The number of urea groups is 1. The van der Waals surface area contributed by atoms with Gasteiger partial charge in [-0.3, -0.25) is 5.41 Å². The SMILES string of the molecule is CC(C)S(=O)(=O)N(CC1CCN(C(=N)N)CC1)[C@H](Cc1ccccc1)C(=O)[N+]1(C(N)=O)CCC[C@H]1C. The number of nitrogens with two attached hydrogens (primary N) is 2. The van der Waals surface area contributed by atoms with Gasteiger partial charge in [0.1, 0.15) is 12.1 Å². The Morgan fingerprint density at radius 1 is 1.14 bits per heavy atom. The molecule has 1 aromatic carbocycles. The number of nitrogens with one attached hydrogen (secondary N) is 1. The van der Waals surface area contributed by atoms with Crippen molar-refractivity contribution in [3.05, 3.63) is 35.9 Å². The maximum Gasteiger partial charge on any atom is 0.421 e. The van der Waals surface area contributed by atoms with E-state index in [0.717, 1.165) is 5.56 Å². The Labute approximate surface area is 214 Å². The average molecular weight is 522 g/mol. The molecule has 2 saturated heterocycles. The normalized spacial score (nSPS) is 24.2. The number of carbonyl (C=O) groups excluding carboxylic acids is 2. The van der Waals surface area contributed by atoms with Gasteiger partial charge in [-0.25, -0.2) is 18.0 Å². The van der Waals surface area contributed by atoms with Crippen LogP contribution in [0, 0.1) is 11.3 Å². The van der Waals surface area contributed by atoms with E-state index in [0.29, 0.717) is 38.8 Å². The van der Waals surface area contributed by atoms with E-state index in [1.807, 2.05) is 37.3 Å². The number of nitrogens with zero attached hydrogens (tertiary/aromatic N) is 3. The Morgan fingerprint density at radius 3 is 2.22 bits per heavy atom. The number of primary amides is 1. The molecular formula is C25H41N6O4S+. The smallest absolute Gasteiger partial charge is 0.370 e. The van der Waals surface area contributed by atoms with Gasteiger partial charge in [0.25, 0.3) is 0 Å². The zero-order valence-electron chi connectivity index (χ0n) is 21.6. The van der Waals surface area contributed by atoms with E-state index in [4.69, 9.17) is 16.9 Å². The second-order valence-electron chi connectivity index (χ2n) is 10.4. The van der Waals surface area contributed by atoms with Crippen LogP contribution in [-0.4, -0.2) is 83.5 Å². The van der Waals surface area contributed by atoms with Crippen LogP contribution in [-0.2, 0) is 21.2 Å². The lowest BCUT2D eigenvalue weighted by Gasteiger charge is -2.40. The van der Waals surface area contributed by atoms with Gasteiger partial charge >= 0.3 is 11.9 Å². The highest BCUT2D eigenvalue weighted by molar-refractivity contribution is 7.89.